The Morgan fingerprint density at radius 1 is 1.11 bits per heavy atom. The van der Waals surface area contributed by atoms with E-state index in [-0.39, 0.29) is 0 Å². The van der Waals surface area contributed by atoms with E-state index in [0.29, 0.717) is 17.9 Å². The molecule has 4 nitrogen and oxygen atoms in total. The molecule has 19 heavy (non-hydrogen) atoms. The molecule has 0 heterocycles. The molecule has 0 saturated heterocycles. The van der Waals surface area contributed by atoms with Gasteiger partial charge in [0.05, 0.1) is 19.3 Å². The van der Waals surface area contributed by atoms with Crippen molar-refractivity contribution in [2.45, 2.75) is 32.1 Å². The summed E-state index contributed by atoms with van der Waals surface area (Å²) in [4.78, 5) is 21.2. The number of benzene rings is 1. The van der Waals surface area contributed by atoms with Crippen molar-refractivity contribution in [3.8, 4) is 5.75 Å². The second-order valence-electron chi connectivity index (χ2n) is 4.19. The van der Waals surface area contributed by atoms with E-state index in [4.69, 9.17) is 14.5 Å². The fraction of sp³-hybridized carbons (Fsp3) is 0.467. The van der Waals surface area contributed by atoms with Crippen molar-refractivity contribution in [1.29, 1.82) is 0 Å². The fourth-order valence-corrected chi connectivity index (χ4v) is 1.56. The predicted molar refractivity (Wildman–Crippen MR) is 72.8 cm³/mol. The normalized spacial score (nSPS) is 10.2. The van der Waals surface area contributed by atoms with Crippen molar-refractivity contribution < 1.29 is 19.3 Å². The van der Waals surface area contributed by atoms with Crippen molar-refractivity contribution >= 4 is 5.97 Å². The number of hydrogen-bond donors (Lipinski definition) is 0. The third-order valence-electron chi connectivity index (χ3n) is 2.69. The molecule has 0 bridgehead atoms. The Bertz CT molecular complexity index is 359. The van der Waals surface area contributed by atoms with Crippen molar-refractivity contribution in [1.82, 2.24) is 0 Å². The average Bonchev–Trinajstić information content (AvgIpc) is 2.46. The third-order valence-corrected chi connectivity index (χ3v) is 2.69. The largest absolute Gasteiger partial charge is 0.497 e. The molecule has 0 N–H and O–H groups in total. The second kappa shape index (κ2) is 9.39. The topological polar surface area (TPSA) is 44.8 Å². The van der Waals surface area contributed by atoms with Crippen LogP contribution in [0.4, 0.5) is 0 Å². The zero-order chi connectivity index (χ0) is 13.9. The molecule has 1 aromatic carbocycles. The van der Waals surface area contributed by atoms with Gasteiger partial charge in [-0.15, -0.1) is 0 Å². The first-order valence-corrected chi connectivity index (χ1v) is 6.55. The van der Waals surface area contributed by atoms with Crippen LogP contribution < -0.4 is 4.74 Å². The first-order chi connectivity index (χ1) is 9.27. The number of carbonyl (C=O) groups is 1. The summed E-state index contributed by atoms with van der Waals surface area (Å²) in [5, 5.41) is 0. The summed E-state index contributed by atoms with van der Waals surface area (Å²) in [7, 11) is 1.57. The first kappa shape index (κ1) is 15.5. The molecule has 1 rings (SSSR count). The Kier molecular flexibility index (Phi) is 7.66. The number of methoxy groups -OCH3 is 1. The van der Waals surface area contributed by atoms with Gasteiger partial charge in [0.2, 0.25) is 0 Å². The lowest BCUT2D eigenvalue weighted by Gasteiger charge is -2.04. The van der Waals surface area contributed by atoms with Crippen LogP contribution in [0.1, 0.15) is 42.5 Å². The number of carbonyl (C=O) groups excluding carboxylic acids is 1. The summed E-state index contributed by atoms with van der Waals surface area (Å²) in [5.41, 5.74) is 0.442. The molecule has 0 spiro atoms. The lowest BCUT2D eigenvalue weighted by Crippen LogP contribution is -2.07. The maximum Gasteiger partial charge on any atom is 0.373 e. The molecule has 105 valence electrons. The highest BCUT2D eigenvalue weighted by Crippen LogP contribution is 2.12. The highest BCUT2D eigenvalue weighted by molar-refractivity contribution is 5.89. The van der Waals surface area contributed by atoms with E-state index in [1.807, 2.05) is 0 Å². The summed E-state index contributed by atoms with van der Waals surface area (Å²) in [6, 6.07) is 6.68. The number of rotatable bonds is 9. The Hall–Kier alpha value is -1.55. The molecule has 0 fully saturated rings. The zero-order valence-electron chi connectivity index (χ0n) is 11.4. The molecule has 1 radical (unpaired) electrons. The molecular formula is C15H21O4. The lowest BCUT2D eigenvalue weighted by atomic mass is 10.2. The minimum Gasteiger partial charge on any atom is -0.497 e. The Balaban J connectivity index is 2.16. The molecule has 0 aromatic heterocycles. The number of unbranched alkanes of at least 4 members (excludes halogenated alkanes) is 4. The van der Waals surface area contributed by atoms with E-state index in [0.717, 1.165) is 32.1 Å². The van der Waals surface area contributed by atoms with E-state index < -0.39 is 5.97 Å². The lowest BCUT2D eigenvalue weighted by molar-refractivity contribution is -0.241. The molecule has 0 aliphatic rings. The van der Waals surface area contributed by atoms with Gasteiger partial charge in [0.15, 0.2) is 0 Å². The van der Waals surface area contributed by atoms with E-state index in [9.17, 15) is 4.79 Å². The molecule has 0 amide bonds. The molecule has 1 aromatic rings. The Labute approximate surface area is 114 Å². The van der Waals surface area contributed by atoms with Gasteiger partial charge in [-0.1, -0.05) is 32.6 Å². The van der Waals surface area contributed by atoms with E-state index in [2.05, 4.69) is 6.92 Å². The molecule has 0 saturated carbocycles. The van der Waals surface area contributed by atoms with Gasteiger partial charge in [-0.3, -0.25) is 4.89 Å². The number of hydrogen-bond acceptors (Lipinski definition) is 4. The monoisotopic (exact) mass is 265 g/mol. The maximum atomic E-state index is 11.6. The zero-order valence-corrected chi connectivity index (χ0v) is 11.4. The van der Waals surface area contributed by atoms with Crippen LogP contribution in [0.25, 0.3) is 0 Å². The van der Waals surface area contributed by atoms with Crippen molar-refractivity contribution in [3.63, 3.8) is 0 Å². The van der Waals surface area contributed by atoms with E-state index >= 15 is 0 Å². The first-order valence-electron chi connectivity index (χ1n) is 6.55. The second-order valence-corrected chi connectivity index (χ2v) is 4.19. The van der Waals surface area contributed by atoms with Gasteiger partial charge in [0.1, 0.15) is 5.75 Å². The number of ether oxygens (including phenoxy) is 1. The summed E-state index contributed by atoms with van der Waals surface area (Å²) in [6.07, 6.45) is 5.18. The Morgan fingerprint density at radius 2 is 1.79 bits per heavy atom. The SMILES string of the molecule is [CH2]CCCCCCOOC(=O)c1ccc(OC)cc1. The highest BCUT2D eigenvalue weighted by Gasteiger charge is 2.08. The van der Waals surface area contributed by atoms with Crippen LogP contribution in [0.2, 0.25) is 0 Å². The van der Waals surface area contributed by atoms with Gasteiger partial charge in [-0.25, -0.2) is 4.79 Å². The van der Waals surface area contributed by atoms with Crippen molar-refractivity contribution in [3.05, 3.63) is 36.8 Å². The third kappa shape index (κ3) is 6.25. The van der Waals surface area contributed by atoms with Crippen LogP contribution in [-0.4, -0.2) is 19.7 Å². The van der Waals surface area contributed by atoms with E-state index in [1.54, 1.807) is 31.4 Å². The molecule has 0 aliphatic heterocycles. The van der Waals surface area contributed by atoms with Crippen LogP contribution in [0.3, 0.4) is 0 Å². The summed E-state index contributed by atoms with van der Waals surface area (Å²) < 4.78 is 5.01. The van der Waals surface area contributed by atoms with Crippen molar-refractivity contribution in [2.24, 2.45) is 0 Å². The summed E-state index contributed by atoms with van der Waals surface area (Å²) in [5.74, 6) is 0.211. The molecular weight excluding hydrogens is 244 g/mol. The Morgan fingerprint density at radius 3 is 2.42 bits per heavy atom. The molecule has 0 aliphatic carbocycles. The van der Waals surface area contributed by atoms with Gasteiger partial charge in [0, 0.05) is 0 Å². The minimum absolute atomic E-state index is 0.430. The fourth-order valence-electron chi connectivity index (χ4n) is 1.56. The van der Waals surface area contributed by atoms with Gasteiger partial charge in [-0.05, 0) is 30.7 Å². The quantitative estimate of drug-likeness (QED) is 0.389. The summed E-state index contributed by atoms with van der Waals surface area (Å²) >= 11 is 0. The van der Waals surface area contributed by atoms with Crippen LogP contribution in [0, 0.1) is 6.92 Å². The van der Waals surface area contributed by atoms with Gasteiger partial charge in [-0.2, -0.15) is 4.89 Å². The molecule has 0 unspecified atom stereocenters. The smallest absolute Gasteiger partial charge is 0.373 e. The van der Waals surface area contributed by atoms with Crippen LogP contribution >= 0.6 is 0 Å². The maximum absolute atomic E-state index is 11.6. The molecule has 0 atom stereocenters. The van der Waals surface area contributed by atoms with Gasteiger partial charge < -0.3 is 4.74 Å². The van der Waals surface area contributed by atoms with Crippen LogP contribution in [-0.2, 0) is 9.78 Å². The van der Waals surface area contributed by atoms with Gasteiger partial charge >= 0.3 is 5.97 Å². The van der Waals surface area contributed by atoms with Crippen LogP contribution in [0.15, 0.2) is 24.3 Å². The van der Waals surface area contributed by atoms with Crippen molar-refractivity contribution in [2.75, 3.05) is 13.7 Å². The van der Waals surface area contributed by atoms with E-state index in [1.165, 1.54) is 0 Å². The minimum atomic E-state index is -0.486. The van der Waals surface area contributed by atoms with Gasteiger partial charge in [0.25, 0.3) is 0 Å². The summed E-state index contributed by atoms with van der Waals surface area (Å²) in [6.45, 7) is 4.21. The predicted octanol–water partition coefficient (Wildman–Crippen LogP) is 3.57. The molecule has 4 heteroatoms. The van der Waals surface area contributed by atoms with Crippen LogP contribution in [0.5, 0.6) is 5.75 Å². The highest BCUT2D eigenvalue weighted by atomic mass is 17.2. The standard InChI is InChI=1S/C15H21O4/c1-3-4-5-6-7-12-18-19-15(16)13-8-10-14(17-2)11-9-13/h8-11H,1,3-7,12H2,2H3. The average molecular weight is 265 g/mol.